The number of carbonyl (C=O) groups excluding carboxylic acids is 1. The molecule has 2 aromatic rings. The van der Waals surface area contributed by atoms with Crippen molar-refractivity contribution in [3.05, 3.63) is 53.6 Å². The van der Waals surface area contributed by atoms with Gasteiger partial charge in [0.25, 0.3) is 0 Å². The van der Waals surface area contributed by atoms with E-state index < -0.39 is 5.97 Å². The van der Waals surface area contributed by atoms with Crippen LogP contribution in [0.2, 0.25) is 0 Å². The van der Waals surface area contributed by atoms with Crippen molar-refractivity contribution in [2.45, 2.75) is 88.5 Å². The Bertz CT molecular complexity index is 1190. The van der Waals surface area contributed by atoms with Gasteiger partial charge in [0.1, 0.15) is 0 Å². The number of hydrogen-bond acceptors (Lipinski definition) is 2. The Morgan fingerprint density at radius 2 is 1.50 bits per heavy atom. The first-order chi connectivity index (χ1) is 18.4. The van der Waals surface area contributed by atoms with Crippen LogP contribution < -0.4 is 10.2 Å². The molecular formula is C33H40N2O3. The summed E-state index contributed by atoms with van der Waals surface area (Å²) in [6, 6.07) is 15.7. The molecule has 5 nitrogen and oxygen atoms in total. The van der Waals surface area contributed by atoms with Crippen LogP contribution in [-0.4, -0.2) is 29.2 Å². The monoisotopic (exact) mass is 512 g/mol. The zero-order valence-corrected chi connectivity index (χ0v) is 22.3. The third kappa shape index (κ3) is 4.52. The standard InChI is InChI=1S/C33H40N2O3/c36-31(37)16-21-1-3-25(4-2-21)26-5-7-27(8-6-26)28-9-10-30-29(17-28)11-12-35(30)32(38)34-33-18-22-13-23(19-33)15-24(14-22)20-33/h5-10,17,21-25H,1-4,11-16,18-20H2,(H,34,38)(H,36,37)/t21-,22?,23?,24?,25-,33?. The smallest absolute Gasteiger partial charge is 0.322 e. The lowest BCUT2D eigenvalue weighted by atomic mass is 9.53. The van der Waals surface area contributed by atoms with Crippen LogP contribution in [0.3, 0.4) is 0 Å². The molecule has 0 spiro atoms. The molecule has 1 heterocycles. The van der Waals surface area contributed by atoms with E-state index in [0.717, 1.165) is 62.1 Å². The topological polar surface area (TPSA) is 69.6 Å². The third-order valence-electron chi connectivity index (χ3n) is 10.7. The predicted octanol–water partition coefficient (Wildman–Crippen LogP) is 7.14. The average Bonchev–Trinajstić information content (AvgIpc) is 3.31. The Morgan fingerprint density at radius 1 is 0.868 bits per heavy atom. The van der Waals surface area contributed by atoms with Gasteiger partial charge in [0, 0.05) is 24.2 Å². The average molecular weight is 513 g/mol. The maximum Gasteiger partial charge on any atom is 0.322 e. The number of nitrogens with one attached hydrogen (secondary N) is 1. The van der Waals surface area contributed by atoms with Crippen LogP contribution in [-0.2, 0) is 11.2 Å². The first-order valence-electron chi connectivity index (χ1n) is 15.0. The van der Waals surface area contributed by atoms with Gasteiger partial charge in [-0.1, -0.05) is 30.3 Å². The summed E-state index contributed by atoms with van der Waals surface area (Å²) < 4.78 is 0. The first kappa shape index (κ1) is 24.2. The Morgan fingerprint density at radius 3 is 2.13 bits per heavy atom. The minimum absolute atomic E-state index is 0.0474. The number of aliphatic carboxylic acids is 1. The minimum atomic E-state index is -0.668. The summed E-state index contributed by atoms with van der Waals surface area (Å²) in [5.41, 5.74) is 6.19. The molecule has 0 radical (unpaired) electrons. The predicted molar refractivity (Wildman–Crippen MR) is 149 cm³/mol. The molecule has 4 bridgehead atoms. The molecule has 5 heteroatoms. The molecule has 200 valence electrons. The molecule has 0 atom stereocenters. The quantitative estimate of drug-likeness (QED) is 0.447. The second-order valence-corrected chi connectivity index (χ2v) is 13.3. The van der Waals surface area contributed by atoms with E-state index in [1.807, 2.05) is 4.90 Å². The van der Waals surface area contributed by atoms with Crippen molar-refractivity contribution in [3.8, 4) is 11.1 Å². The zero-order valence-electron chi connectivity index (χ0n) is 22.3. The molecule has 1 aliphatic heterocycles. The lowest BCUT2D eigenvalue weighted by molar-refractivity contribution is -0.138. The molecular weight excluding hydrogens is 472 g/mol. The van der Waals surface area contributed by atoms with Crippen molar-refractivity contribution in [2.75, 3.05) is 11.4 Å². The number of carbonyl (C=O) groups is 2. The summed E-state index contributed by atoms with van der Waals surface area (Å²) in [7, 11) is 0. The van der Waals surface area contributed by atoms with Crippen molar-refractivity contribution in [1.29, 1.82) is 0 Å². The molecule has 2 amide bonds. The van der Waals surface area contributed by atoms with E-state index in [1.54, 1.807) is 0 Å². The van der Waals surface area contributed by atoms with Gasteiger partial charge in [-0.05, 0) is 135 Å². The highest BCUT2D eigenvalue weighted by molar-refractivity contribution is 5.95. The number of anilines is 1. The van der Waals surface area contributed by atoms with Crippen LogP contribution in [0.4, 0.5) is 10.5 Å². The molecule has 0 aromatic heterocycles. The SMILES string of the molecule is O=C(O)C[C@H]1CC[C@H](c2ccc(-c3ccc4c(c3)CCN4C(=O)NC34CC5CC(CC(C5)C3)C4)cc2)CC1. The Labute approximate surface area is 226 Å². The van der Waals surface area contributed by atoms with E-state index in [-0.39, 0.29) is 11.6 Å². The minimum Gasteiger partial charge on any atom is -0.481 e. The van der Waals surface area contributed by atoms with Gasteiger partial charge in [0.05, 0.1) is 0 Å². The van der Waals surface area contributed by atoms with Gasteiger partial charge in [-0.2, -0.15) is 0 Å². The maximum absolute atomic E-state index is 13.5. The second kappa shape index (κ2) is 9.43. The zero-order chi connectivity index (χ0) is 25.9. The number of nitrogens with zero attached hydrogens (tertiary/aromatic N) is 1. The summed E-state index contributed by atoms with van der Waals surface area (Å²) in [6.45, 7) is 0.764. The molecule has 5 saturated carbocycles. The van der Waals surface area contributed by atoms with Gasteiger partial charge >= 0.3 is 12.0 Å². The molecule has 8 rings (SSSR count). The number of carboxylic acids is 1. The van der Waals surface area contributed by atoms with Gasteiger partial charge in [0.2, 0.25) is 0 Å². The number of rotatable bonds is 5. The molecule has 2 N–H and O–H groups in total. The number of carboxylic acid groups (broad SMARTS) is 1. The van der Waals surface area contributed by atoms with Gasteiger partial charge in [-0.25, -0.2) is 4.79 Å². The van der Waals surface area contributed by atoms with Crippen LogP contribution in [0, 0.1) is 23.7 Å². The number of fused-ring (bicyclic) bond motifs is 1. The molecule has 6 aliphatic rings. The molecule has 38 heavy (non-hydrogen) atoms. The highest BCUT2D eigenvalue weighted by atomic mass is 16.4. The van der Waals surface area contributed by atoms with Crippen LogP contribution >= 0.6 is 0 Å². The van der Waals surface area contributed by atoms with Crippen molar-refractivity contribution in [1.82, 2.24) is 5.32 Å². The number of amides is 2. The van der Waals surface area contributed by atoms with E-state index in [9.17, 15) is 9.59 Å². The fraction of sp³-hybridized carbons (Fsp3) is 0.576. The van der Waals surface area contributed by atoms with E-state index in [1.165, 1.54) is 60.8 Å². The fourth-order valence-electron chi connectivity index (χ4n) is 9.24. The molecule has 5 aliphatic carbocycles. The molecule has 0 saturated heterocycles. The lowest BCUT2D eigenvalue weighted by Crippen LogP contribution is -2.61. The number of benzene rings is 2. The lowest BCUT2D eigenvalue weighted by Gasteiger charge is -2.57. The van der Waals surface area contributed by atoms with Crippen LogP contribution in [0.15, 0.2) is 42.5 Å². The third-order valence-corrected chi connectivity index (χ3v) is 10.7. The van der Waals surface area contributed by atoms with Crippen molar-refractivity contribution < 1.29 is 14.7 Å². The summed E-state index contributed by atoms with van der Waals surface area (Å²) >= 11 is 0. The van der Waals surface area contributed by atoms with E-state index in [0.29, 0.717) is 18.3 Å². The second-order valence-electron chi connectivity index (χ2n) is 13.3. The van der Waals surface area contributed by atoms with Gasteiger partial charge < -0.3 is 10.4 Å². The summed E-state index contributed by atoms with van der Waals surface area (Å²) in [5, 5.41) is 12.6. The van der Waals surface area contributed by atoms with E-state index in [4.69, 9.17) is 5.11 Å². The Balaban J connectivity index is 1.01. The Hall–Kier alpha value is -2.82. The molecule has 2 aromatic carbocycles. The normalized spacial score (nSPS) is 33.3. The van der Waals surface area contributed by atoms with E-state index in [2.05, 4.69) is 47.8 Å². The van der Waals surface area contributed by atoms with E-state index >= 15 is 0 Å². The Kier molecular flexibility index (Phi) is 6.01. The van der Waals surface area contributed by atoms with Gasteiger partial charge in [-0.3, -0.25) is 9.69 Å². The van der Waals surface area contributed by atoms with Crippen LogP contribution in [0.25, 0.3) is 11.1 Å². The maximum atomic E-state index is 13.5. The van der Waals surface area contributed by atoms with Crippen molar-refractivity contribution in [2.24, 2.45) is 23.7 Å². The van der Waals surface area contributed by atoms with Crippen LogP contribution in [0.5, 0.6) is 0 Å². The summed E-state index contributed by atoms with van der Waals surface area (Å²) in [6.07, 6.45) is 13.1. The fourth-order valence-corrected chi connectivity index (χ4v) is 9.24. The molecule has 5 fully saturated rings. The highest BCUT2D eigenvalue weighted by Gasteiger charge is 2.52. The largest absolute Gasteiger partial charge is 0.481 e. The molecule has 0 unspecified atom stereocenters. The van der Waals surface area contributed by atoms with Crippen LogP contribution in [0.1, 0.15) is 87.7 Å². The summed E-state index contributed by atoms with van der Waals surface area (Å²) in [5.74, 6) is 2.69. The number of hydrogen-bond donors (Lipinski definition) is 2. The van der Waals surface area contributed by atoms with Crippen molar-refractivity contribution >= 4 is 17.7 Å². The highest BCUT2D eigenvalue weighted by Crippen LogP contribution is 2.55. The number of urea groups is 1. The van der Waals surface area contributed by atoms with Gasteiger partial charge in [0.15, 0.2) is 0 Å². The summed E-state index contributed by atoms with van der Waals surface area (Å²) in [4.78, 5) is 26.5. The van der Waals surface area contributed by atoms with Gasteiger partial charge in [-0.15, -0.1) is 0 Å². The first-order valence-corrected chi connectivity index (χ1v) is 15.0. The van der Waals surface area contributed by atoms with Crippen molar-refractivity contribution in [3.63, 3.8) is 0 Å².